The molecule has 1 atom stereocenters. The number of amides is 2. The fourth-order valence-electron chi connectivity index (χ4n) is 3.81. The molecule has 3 aromatic carbocycles. The quantitative estimate of drug-likeness (QED) is 0.331. The SMILES string of the molecule is COc1cccc(CN(C(=O)CSc2ccc(C)cc2)[C@H](Cc2ccccc2)C(=O)NCC(C)C)c1. The summed E-state index contributed by atoms with van der Waals surface area (Å²) >= 11 is 1.49. The van der Waals surface area contributed by atoms with Crippen LogP contribution in [0.1, 0.15) is 30.5 Å². The van der Waals surface area contributed by atoms with Crippen LogP contribution in [0.2, 0.25) is 0 Å². The summed E-state index contributed by atoms with van der Waals surface area (Å²) in [4.78, 5) is 29.9. The maximum Gasteiger partial charge on any atom is 0.243 e. The molecule has 36 heavy (non-hydrogen) atoms. The minimum atomic E-state index is -0.636. The number of nitrogens with zero attached hydrogens (tertiary/aromatic N) is 1. The van der Waals surface area contributed by atoms with Crippen molar-refractivity contribution in [2.75, 3.05) is 19.4 Å². The molecule has 3 aromatic rings. The lowest BCUT2D eigenvalue weighted by molar-refractivity contribution is -0.139. The summed E-state index contributed by atoms with van der Waals surface area (Å²) < 4.78 is 5.39. The highest BCUT2D eigenvalue weighted by Gasteiger charge is 2.30. The van der Waals surface area contributed by atoms with E-state index in [-0.39, 0.29) is 17.6 Å². The largest absolute Gasteiger partial charge is 0.497 e. The highest BCUT2D eigenvalue weighted by atomic mass is 32.2. The topological polar surface area (TPSA) is 58.6 Å². The van der Waals surface area contributed by atoms with Gasteiger partial charge in [-0.15, -0.1) is 11.8 Å². The van der Waals surface area contributed by atoms with Gasteiger partial charge in [0.25, 0.3) is 0 Å². The molecule has 0 radical (unpaired) electrons. The predicted octanol–water partition coefficient (Wildman–Crippen LogP) is 5.51. The molecule has 0 saturated heterocycles. The van der Waals surface area contributed by atoms with Gasteiger partial charge in [-0.05, 0) is 48.2 Å². The number of benzene rings is 3. The second-order valence-electron chi connectivity index (χ2n) is 9.32. The standard InChI is InChI=1S/C30H36N2O3S/c1-22(2)19-31-30(34)28(18-24-9-6-5-7-10-24)32(20-25-11-8-12-26(17-25)35-4)29(33)21-36-27-15-13-23(3)14-16-27/h5-17,22,28H,18-21H2,1-4H3,(H,31,34)/t28-/m1/s1. The van der Waals surface area contributed by atoms with E-state index in [9.17, 15) is 9.59 Å². The number of carbonyl (C=O) groups is 2. The monoisotopic (exact) mass is 504 g/mol. The zero-order valence-electron chi connectivity index (χ0n) is 21.6. The first-order chi connectivity index (χ1) is 17.4. The van der Waals surface area contributed by atoms with Crippen LogP contribution in [-0.2, 0) is 22.6 Å². The molecule has 0 spiro atoms. The van der Waals surface area contributed by atoms with E-state index in [4.69, 9.17) is 4.74 Å². The molecule has 0 unspecified atom stereocenters. The second-order valence-corrected chi connectivity index (χ2v) is 10.4. The predicted molar refractivity (Wildman–Crippen MR) is 147 cm³/mol. The van der Waals surface area contributed by atoms with E-state index in [0.29, 0.717) is 25.4 Å². The van der Waals surface area contributed by atoms with Crippen LogP contribution in [-0.4, -0.2) is 42.2 Å². The molecule has 0 heterocycles. The van der Waals surface area contributed by atoms with Crippen molar-refractivity contribution in [2.45, 2.75) is 44.7 Å². The molecule has 190 valence electrons. The molecule has 0 aliphatic heterocycles. The normalized spacial score (nSPS) is 11.7. The Morgan fingerprint density at radius 1 is 0.944 bits per heavy atom. The third kappa shape index (κ3) is 8.45. The van der Waals surface area contributed by atoms with Crippen LogP contribution in [0, 0.1) is 12.8 Å². The lowest BCUT2D eigenvalue weighted by atomic mass is 10.0. The van der Waals surface area contributed by atoms with Gasteiger partial charge in [0.15, 0.2) is 0 Å². The van der Waals surface area contributed by atoms with Gasteiger partial charge < -0.3 is 15.0 Å². The fourth-order valence-corrected chi connectivity index (χ4v) is 4.59. The van der Waals surface area contributed by atoms with Crippen LogP contribution in [0.25, 0.3) is 0 Å². The van der Waals surface area contributed by atoms with Gasteiger partial charge in [0.05, 0.1) is 12.9 Å². The third-order valence-corrected chi connectivity index (χ3v) is 6.82. The summed E-state index contributed by atoms with van der Waals surface area (Å²) in [6.45, 7) is 7.04. The number of carbonyl (C=O) groups excluding carboxylic acids is 2. The Hall–Kier alpha value is -3.25. The first kappa shape index (κ1) is 27.3. The summed E-state index contributed by atoms with van der Waals surface area (Å²) in [7, 11) is 1.62. The van der Waals surface area contributed by atoms with Gasteiger partial charge >= 0.3 is 0 Å². The van der Waals surface area contributed by atoms with E-state index in [1.807, 2.05) is 85.8 Å². The van der Waals surface area contributed by atoms with E-state index in [0.717, 1.165) is 21.8 Å². The summed E-state index contributed by atoms with van der Waals surface area (Å²) in [6, 6.07) is 25.0. The molecule has 3 rings (SSSR count). The molecule has 2 amide bonds. The Balaban J connectivity index is 1.90. The van der Waals surface area contributed by atoms with E-state index >= 15 is 0 Å². The molecular weight excluding hydrogens is 468 g/mol. The Kier molecular flexibility index (Phi) is 10.4. The highest BCUT2D eigenvalue weighted by Crippen LogP contribution is 2.22. The van der Waals surface area contributed by atoms with Crippen LogP contribution in [0.15, 0.2) is 83.8 Å². The Morgan fingerprint density at radius 3 is 2.31 bits per heavy atom. The Morgan fingerprint density at radius 2 is 1.64 bits per heavy atom. The molecule has 0 aromatic heterocycles. The molecular formula is C30H36N2O3S. The number of aryl methyl sites for hydroxylation is 1. The van der Waals surface area contributed by atoms with Crippen LogP contribution in [0.3, 0.4) is 0 Å². The van der Waals surface area contributed by atoms with Crippen molar-refractivity contribution in [2.24, 2.45) is 5.92 Å². The highest BCUT2D eigenvalue weighted by molar-refractivity contribution is 8.00. The van der Waals surface area contributed by atoms with E-state index in [1.165, 1.54) is 17.3 Å². The number of methoxy groups -OCH3 is 1. The molecule has 5 nitrogen and oxygen atoms in total. The number of hydrogen-bond acceptors (Lipinski definition) is 4. The molecule has 6 heteroatoms. The molecule has 0 fully saturated rings. The van der Waals surface area contributed by atoms with Gasteiger partial charge in [-0.2, -0.15) is 0 Å². The van der Waals surface area contributed by atoms with E-state index in [1.54, 1.807) is 12.0 Å². The van der Waals surface area contributed by atoms with Gasteiger partial charge in [0.2, 0.25) is 11.8 Å². The smallest absolute Gasteiger partial charge is 0.243 e. The lowest BCUT2D eigenvalue weighted by Crippen LogP contribution is -2.51. The maximum atomic E-state index is 13.7. The van der Waals surface area contributed by atoms with Gasteiger partial charge in [0.1, 0.15) is 11.8 Å². The minimum Gasteiger partial charge on any atom is -0.497 e. The second kappa shape index (κ2) is 13.7. The molecule has 0 bridgehead atoms. The summed E-state index contributed by atoms with van der Waals surface area (Å²) in [5.74, 6) is 1.06. The van der Waals surface area contributed by atoms with Crippen molar-refractivity contribution in [3.63, 3.8) is 0 Å². The fraction of sp³-hybridized carbons (Fsp3) is 0.333. The number of thioether (sulfide) groups is 1. The molecule has 0 aliphatic carbocycles. The van der Waals surface area contributed by atoms with E-state index < -0.39 is 6.04 Å². The van der Waals surface area contributed by atoms with E-state index in [2.05, 4.69) is 19.2 Å². The minimum absolute atomic E-state index is 0.0796. The molecule has 0 saturated carbocycles. The van der Waals surface area contributed by atoms with Crippen LogP contribution < -0.4 is 10.1 Å². The number of rotatable bonds is 12. The average molecular weight is 505 g/mol. The van der Waals surface area contributed by atoms with Crippen molar-refractivity contribution < 1.29 is 14.3 Å². The molecule has 0 aliphatic rings. The summed E-state index contributed by atoms with van der Waals surface area (Å²) in [6.07, 6.45) is 0.440. The molecule has 1 N–H and O–H groups in total. The van der Waals surface area contributed by atoms with Crippen LogP contribution in [0.4, 0.5) is 0 Å². The Labute approximate surface area is 219 Å². The maximum absolute atomic E-state index is 13.7. The van der Waals surface area contributed by atoms with Gasteiger partial charge in [-0.3, -0.25) is 9.59 Å². The number of nitrogens with one attached hydrogen (secondary N) is 1. The third-order valence-electron chi connectivity index (χ3n) is 5.83. The van der Waals surface area contributed by atoms with Crippen molar-refractivity contribution in [3.8, 4) is 5.75 Å². The van der Waals surface area contributed by atoms with Crippen molar-refractivity contribution in [3.05, 3.63) is 95.6 Å². The number of hydrogen-bond donors (Lipinski definition) is 1. The summed E-state index contributed by atoms with van der Waals surface area (Å²) in [5.41, 5.74) is 3.10. The van der Waals surface area contributed by atoms with Gasteiger partial charge in [-0.25, -0.2) is 0 Å². The van der Waals surface area contributed by atoms with Crippen LogP contribution >= 0.6 is 11.8 Å². The zero-order valence-corrected chi connectivity index (χ0v) is 22.4. The lowest BCUT2D eigenvalue weighted by Gasteiger charge is -2.32. The Bertz CT molecular complexity index is 1120. The first-order valence-corrected chi connectivity index (χ1v) is 13.3. The van der Waals surface area contributed by atoms with Crippen LogP contribution in [0.5, 0.6) is 5.75 Å². The first-order valence-electron chi connectivity index (χ1n) is 12.3. The summed E-state index contributed by atoms with van der Waals surface area (Å²) in [5, 5.41) is 3.06. The van der Waals surface area contributed by atoms with Crippen molar-refractivity contribution in [1.29, 1.82) is 0 Å². The van der Waals surface area contributed by atoms with Gasteiger partial charge in [0, 0.05) is 24.4 Å². The average Bonchev–Trinajstić information content (AvgIpc) is 2.89. The van der Waals surface area contributed by atoms with Crippen molar-refractivity contribution >= 4 is 23.6 Å². The number of ether oxygens (including phenoxy) is 1. The zero-order chi connectivity index (χ0) is 25.9. The van der Waals surface area contributed by atoms with Gasteiger partial charge in [-0.1, -0.05) is 74.0 Å². The van der Waals surface area contributed by atoms with Crippen molar-refractivity contribution in [1.82, 2.24) is 10.2 Å².